The Morgan fingerprint density at radius 1 is 1.80 bits per heavy atom. The molecule has 0 aliphatic carbocycles. The van der Waals surface area contributed by atoms with Crippen molar-refractivity contribution in [2.24, 2.45) is 0 Å². The lowest BCUT2D eigenvalue weighted by molar-refractivity contribution is 0.214. The average molecular weight is 73.1 g/mol. The van der Waals surface area contributed by atoms with E-state index < -0.39 is 0 Å². The molecule has 0 aromatic carbocycles. The number of hydrogen-bond donors (Lipinski definition) is 2. The minimum Gasteiger partial charge on any atom is -0.292 e. The van der Waals surface area contributed by atoms with E-state index in [-0.39, 0.29) is 0 Å². The lowest BCUT2D eigenvalue weighted by Gasteiger charge is -1.74. The predicted molar refractivity (Wildman–Crippen MR) is 19.7 cm³/mol. The molecule has 0 bridgehead atoms. The van der Waals surface area contributed by atoms with E-state index in [0.29, 0.717) is 0 Å². The van der Waals surface area contributed by atoms with Gasteiger partial charge in [0.2, 0.25) is 0 Å². The molecule has 2 heteroatoms. The Morgan fingerprint density at radius 2 is 2.40 bits per heavy atom. The van der Waals surface area contributed by atoms with Crippen molar-refractivity contribution in [3.05, 3.63) is 12.3 Å². The number of hydroxylamine groups is 1. The van der Waals surface area contributed by atoms with E-state index in [1.54, 1.807) is 6.08 Å². The molecule has 0 atom stereocenters. The first-order valence-corrected chi connectivity index (χ1v) is 1.42. The van der Waals surface area contributed by atoms with Crippen LogP contribution in [0, 0.1) is 0 Å². The van der Waals surface area contributed by atoms with Crippen molar-refractivity contribution in [3.8, 4) is 0 Å². The standard InChI is InChI=1S/C3H7NO/c1-2-3-4-5/h2-5H,1H3/b3-2-. The SMILES string of the molecule is C/C=C\NO. The van der Waals surface area contributed by atoms with Crippen molar-refractivity contribution in [1.29, 1.82) is 0 Å². The largest absolute Gasteiger partial charge is 0.292 e. The summed E-state index contributed by atoms with van der Waals surface area (Å²) >= 11 is 0. The predicted octanol–water partition coefficient (Wildman–Crippen LogP) is 0.499. The fourth-order valence-electron chi connectivity index (χ4n) is 0.0745. The van der Waals surface area contributed by atoms with Crippen LogP contribution >= 0.6 is 0 Å². The smallest absolute Gasteiger partial charge is 0.0197 e. The van der Waals surface area contributed by atoms with Gasteiger partial charge in [-0.15, -0.1) is 0 Å². The summed E-state index contributed by atoms with van der Waals surface area (Å²) in [7, 11) is 0. The summed E-state index contributed by atoms with van der Waals surface area (Å²) in [6.45, 7) is 1.81. The van der Waals surface area contributed by atoms with E-state index in [1.165, 1.54) is 6.20 Å². The molecule has 5 heavy (non-hydrogen) atoms. The van der Waals surface area contributed by atoms with Crippen molar-refractivity contribution in [2.75, 3.05) is 0 Å². The summed E-state index contributed by atoms with van der Waals surface area (Å²) in [6, 6.07) is 0. The van der Waals surface area contributed by atoms with Crippen LogP contribution in [0.4, 0.5) is 0 Å². The third-order valence-electron chi connectivity index (χ3n) is 0.241. The molecule has 0 heterocycles. The summed E-state index contributed by atoms with van der Waals surface area (Å²) in [5.41, 5.74) is 1.84. The third-order valence-corrected chi connectivity index (χ3v) is 0.241. The fourth-order valence-corrected chi connectivity index (χ4v) is 0.0745. The zero-order valence-corrected chi connectivity index (χ0v) is 3.10. The van der Waals surface area contributed by atoms with Gasteiger partial charge in [-0.3, -0.25) is 10.7 Å². The molecule has 0 spiro atoms. The molecule has 0 aliphatic rings. The van der Waals surface area contributed by atoms with Crippen molar-refractivity contribution in [3.63, 3.8) is 0 Å². The van der Waals surface area contributed by atoms with Gasteiger partial charge in [-0.25, -0.2) is 0 Å². The Kier molecular flexibility index (Phi) is 3.15. The second-order valence-corrected chi connectivity index (χ2v) is 0.629. The van der Waals surface area contributed by atoms with E-state index in [9.17, 15) is 0 Å². The van der Waals surface area contributed by atoms with Gasteiger partial charge in [-0.1, -0.05) is 6.08 Å². The highest BCUT2D eigenvalue weighted by molar-refractivity contribution is 4.67. The molecule has 0 radical (unpaired) electrons. The highest BCUT2D eigenvalue weighted by Crippen LogP contribution is 1.53. The van der Waals surface area contributed by atoms with Crippen LogP contribution in [0.1, 0.15) is 6.92 Å². The van der Waals surface area contributed by atoms with Crippen molar-refractivity contribution in [2.45, 2.75) is 6.92 Å². The second-order valence-electron chi connectivity index (χ2n) is 0.629. The Balaban J connectivity index is 2.62. The Labute approximate surface area is 31.1 Å². The van der Waals surface area contributed by atoms with Crippen LogP contribution in [0.25, 0.3) is 0 Å². The first kappa shape index (κ1) is 4.50. The van der Waals surface area contributed by atoms with Gasteiger partial charge >= 0.3 is 0 Å². The minimum absolute atomic E-state index is 1.43. The first-order chi connectivity index (χ1) is 2.41. The van der Waals surface area contributed by atoms with Gasteiger partial charge in [0.05, 0.1) is 0 Å². The van der Waals surface area contributed by atoms with E-state index in [2.05, 4.69) is 0 Å². The number of hydrogen-bond acceptors (Lipinski definition) is 2. The van der Waals surface area contributed by atoms with Gasteiger partial charge in [0.25, 0.3) is 0 Å². The summed E-state index contributed by atoms with van der Waals surface area (Å²) in [5, 5.41) is 7.73. The maximum Gasteiger partial charge on any atom is 0.0197 e. The monoisotopic (exact) mass is 73.1 g/mol. The van der Waals surface area contributed by atoms with Crippen LogP contribution in [0.15, 0.2) is 12.3 Å². The molecule has 0 amide bonds. The first-order valence-electron chi connectivity index (χ1n) is 1.42. The summed E-state index contributed by atoms with van der Waals surface area (Å²) in [5.74, 6) is 0. The highest BCUT2D eigenvalue weighted by atomic mass is 16.5. The normalized spacial score (nSPS) is 9.20. The molecule has 0 saturated carbocycles. The Morgan fingerprint density at radius 3 is 2.40 bits per heavy atom. The van der Waals surface area contributed by atoms with Crippen molar-refractivity contribution in [1.82, 2.24) is 5.48 Å². The van der Waals surface area contributed by atoms with Gasteiger partial charge in [0.1, 0.15) is 0 Å². The van der Waals surface area contributed by atoms with Gasteiger partial charge in [0.15, 0.2) is 0 Å². The fraction of sp³-hybridized carbons (Fsp3) is 0.333. The lowest BCUT2D eigenvalue weighted by atomic mass is 10.7. The van der Waals surface area contributed by atoms with E-state index in [1.807, 2.05) is 12.4 Å². The molecule has 2 nitrogen and oxygen atoms in total. The van der Waals surface area contributed by atoms with Crippen LogP contribution in [-0.4, -0.2) is 5.21 Å². The summed E-state index contributed by atoms with van der Waals surface area (Å²) < 4.78 is 0. The third kappa shape index (κ3) is 3.50. The van der Waals surface area contributed by atoms with Gasteiger partial charge in [0, 0.05) is 6.20 Å². The van der Waals surface area contributed by atoms with Crippen LogP contribution in [0.3, 0.4) is 0 Å². The van der Waals surface area contributed by atoms with E-state index >= 15 is 0 Å². The second kappa shape index (κ2) is 3.50. The van der Waals surface area contributed by atoms with Crippen LogP contribution in [0.5, 0.6) is 0 Å². The number of nitrogens with one attached hydrogen (secondary N) is 1. The number of rotatable bonds is 1. The highest BCUT2D eigenvalue weighted by Gasteiger charge is 1.46. The van der Waals surface area contributed by atoms with E-state index in [0.717, 1.165) is 0 Å². The number of allylic oxidation sites excluding steroid dienone is 1. The van der Waals surface area contributed by atoms with Crippen molar-refractivity contribution >= 4 is 0 Å². The van der Waals surface area contributed by atoms with Crippen LogP contribution < -0.4 is 5.48 Å². The molecule has 0 unspecified atom stereocenters. The van der Waals surface area contributed by atoms with E-state index in [4.69, 9.17) is 5.21 Å². The topological polar surface area (TPSA) is 32.3 Å². The molecule has 0 aromatic rings. The summed E-state index contributed by atoms with van der Waals surface area (Å²) in [6.07, 6.45) is 3.12. The average Bonchev–Trinajstić information content (AvgIpc) is 1.41. The lowest BCUT2D eigenvalue weighted by Crippen LogP contribution is -1.90. The molecular formula is C3H7NO. The quantitative estimate of drug-likeness (QED) is 0.443. The zero-order chi connectivity index (χ0) is 4.12. The summed E-state index contributed by atoms with van der Waals surface area (Å²) in [4.78, 5) is 0. The maximum absolute atomic E-state index is 7.73. The van der Waals surface area contributed by atoms with Gasteiger partial charge in [-0.2, -0.15) is 0 Å². The van der Waals surface area contributed by atoms with Gasteiger partial charge < -0.3 is 0 Å². The molecule has 30 valence electrons. The van der Waals surface area contributed by atoms with Crippen LogP contribution in [0.2, 0.25) is 0 Å². The van der Waals surface area contributed by atoms with Crippen LogP contribution in [-0.2, 0) is 0 Å². The molecule has 2 N–H and O–H groups in total. The van der Waals surface area contributed by atoms with Crippen molar-refractivity contribution < 1.29 is 5.21 Å². The molecule has 0 saturated heterocycles. The molecule has 0 fully saturated rings. The molecule has 0 aromatic heterocycles. The van der Waals surface area contributed by atoms with Gasteiger partial charge in [-0.05, 0) is 6.92 Å². The minimum atomic E-state index is 1.43. The molecular weight excluding hydrogens is 66.0 g/mol. The molecule has 0 rings (SSSR count). The molecule has 0 aliphatic heterocycles. The Hall–Kier alpha value is -0.500. The Bertz CT molecular complexity index is 33.9. The zero-order valence-electron chi connectivity index (χ0n) is 3.10. The maximum atomic E-state index is 7.73.